The summed E-state index contributed by atoms with van der Waals surface area (Å²) in [5.74, 6) is -0.932. The number of nitrogens with one attached hydrogen (secondary N) is 1. The number of amides is 1. The average Bonchev–Trinajstić information content (AvgIpc) is 2.59. The number of hydrogen-bond acceptors (Lipinski definition) is 3. The second-order valence-corrected chi connectivity index (χ2v) is 6.08. The van der Waals surface area contributed by atoms with Crippen molar-refractivity contribution in [1.29, 1.82) is 0 Å². The van der Waals surface area contributed by atoms with Crippen molar-refractivity contribution < 1.29 is 14.3 Å². The lowest BCUT2D eigenvalue weighted by molar-refractivity contribution is -0.144. The predicted octanol–water partition coefficient (Wildman–Crippen LogP) is 4.08. The average molecular weight is 358 g/mol. The van der Waals surface area contributed by atoms with Crippen LogP contribution in [-0.4, -0.2) is 18.5 Å². The summed E-state index contributed by atoms with van der Waals surface area (Å²) in [5.41, 5.74) is 2.87. The van der Waals surface area contributed by atoms with Crippen LogP contribution in [0, 0.1) is 6.92 Å². The highest BCUT2D eigenvalue weighted by Crippen LogP contribution is 2.17. The summed E-state index contributed by atoms with van der Waals surface area (Å²) >= 11 is 5.93. The third-order valence-electron chi connectivity index (χ3n) is 3.66. The highest BCUT2D eigenvalue weighted by atomic mass is 35.5. The van der Waals surface area contributed by atoms with Crippen LogP contribution in [0.3, 0.4) is 0 Å². The molecule has 0 unspecified atom stereocenters. The lowest BCUT2D eigenvalue weighted by atomic mass is 10.1. The van der Waals surface area contributed by atoms with Crippen molar-refractivity contribution in [2.45, 2.75) is 19.9 Å². The fourth-order valence-electron chi connectivity index (χ4n) is 2.26. The van der Waals surface area contributed by atoms with E-state index in [-0.39, 0.29) is 18.6 Å². The maximum Gasteiger partial charge on any atom is 0.331 e. The topological polar surface area (TPSA) is 55.4 Å². The van der Waals surface area contributed by atoms with Crippen molar-refractivity contribution >= 4 is 29.6 Å². The first-order valence-electron chi connectivity index (χ1n) is 7.91. The molecule has 0 heterocycles. The number of hydrogen-bond donors (Lipinski definition) is 1. The van der Waals surface area contributed by atoms with Crippen molar-refractivity contribution in [2.75, 3.05) is 6.61 Å². The summed E-state index contributed by atoms with van der Waals surface area (Å²) in [6.45, 7) is 3.46. The van der Waals surface area contributed by atoms with Gasteiger partial charge in [0.25, 0.3) is 5.91 Å². The Hall–Kier alpha value is -2.59. The van der Waals surface area contributed by atoms with Gasteiger partial charge in [0.1, 0.15) is 0 Å². The largest absolute Gasteiger partial charge is 0.452 e. The van der Waals surface area contributed by atoms with Crippen LogP contribution in [0.1, 0.15) is 29.7 Å². The number of benzene rings is 2. The van der Waals surface area contributed by atoms with Gasteiger partial charge in [-0.15, -0.1) is 0 Å². The molecule has 25 heavy (non-hydrogen) atoms. The molecule has 0 aliphatic carbocycles. The second kappa shape index (κ2) is 9.04. The molecule has 5 heteroatoms. The Kier molecular flexibility index (Phi) is 6.78. The first-order chi connectivity index (χ1) is 12.0. The number of esters is 1. The lowest BCUT2D eigenvalue weighted by Gasteiger charge is -2.14. The van der Waals surface area contributed by atoms with Gasteiger partial charge in [-0.25, -0.2) is 4.79 Å². The standard InChI is InChI=1S/C20H20ClNO3/c1-14-6-3-4-7-16(14)10-11-20(24)25-13-19(23)22-15(2)17-8-5-9-18(21)12-17/h3-12,15H,13H2,1-2H3,(H,22,23)/b11-10+/t15-/m1/s1. The molecule has 2 aromatic rings. The van der Waals surface area contributed by atoms with Gasteiger partial charge in [0.2, 0.25) is 0 Å². The maximum atomic E-state index is 11.9. The molecule has 0 aliphatic rings. The van der Waals surface area contributed by atoms with E-state index in [1.807, 2.05) is 50.2 Å². The minimum atomic E-state index is -0.561. The van der Waals surface area contributed by atoms with Gasteiger partial charge in [0.15, 0.2) is 6.61 Å². The minimum Gasteiger partial charge on any atom is -0.452 e. The summed E-state index contributed by atoms with van der Waals surface area (Å²) in [5, 5.41) is 3.37. The molecule has 1 atom stereocenters. The maximum absolute atomic E-state index is 11.9. The molecule has 4 nitrogen and oxygen atoms in total. The zero-order valence-electron chi connectivity index (χ0n) is 14.2. The van der Waals surface area contributed by atoms with Crippen molar-refractivity contribution in [3.63, 3.8) is 0 Å². The van der Waals surface area contributed by atoms with Gasteiger partial charge in [0.05, 0.1) is 6.04 Å². The van der Waals surface area contributed by atoms with Crippen LogP contribution < -0.4 is 5.32 Å². The van der Waals surface area contributed by atoms with Crippen LogP contribution in [0.4, 0.5) is 0 Å². The van der Waals surface area contributed by atoms with E-state index < -0.39 is 5.97 Å². The molecule has 1 amide bonds. The van der Waals surface area contributed by atoms with Crippen LogP contribution in [0.5, 0.6) is 0 Å². The summed E-state index contributed by atoms with van der Waals surface area (Å²) in [6.07, 6.45) is 2.99. The van der Waals surface area contributed by atoms with Gasteiger partial charge < -0.3 is 10.1 Å². The normalized spacial score (nSPS) is 12.0. The first kappa shape index (κ1) is 18.7. The van der Waals surface area contributed by atoms with E-state index in [0.717, 1.165) is 16.7 Å². The number of ether oxygens (including phenoxy) is 1. The molecule has 0 spiro atoms. The van der Waals surface area contributed by atoms with Crippen molar-refractivity contribution in [1.82, 2.24) is 5.32 Å². The Morgan fingerprint density at radius 3 is 2.68 bits per heavy atom. The van der Waals surface area contributed by atoms with E-state index in [1.54, 1.807) is 18.2 Å². The van der Waals surface area contributed by atoms with Gasteiger partial charge in [-0.3, -0.25) is 4.79 Å². The fourth-order valence-corrected chi connectivity index (χ4v) is 2.46. The van der Waals surface area contributed by atoms with Crippen molar-refractivity contribution in [3.8, 4) is 0 Å². The third-order valence-corrected chi connectivity index (χ3v) is 3.89. The van der Waals surface area contributed by atoms with Crippen LogP contribution >= 0.6 is 11.6 Å². The lowest BCUT2D eigenvalue weighted by Crippen LogP contribution is -2.30. The Morgan fingerprint density at radius 2 is 1.96 bits per heavy atom. The first-order valence-corrected chi connectivity index (χ1v) is 8.29. The highest BCUT2D eigenvalue weighted by Gasteiger charge is 2.11. The molecule has 0 saturated heterocycles. The molecular formula is C20H20ClNO3. The second-order valence-electron chi connectivity index (χ2n) is 5.64. The van der Waals surface area contributed by atoms with Crippen LogP contribution in [0.15, 0.2) is 54.6 Å². The molecule has 1 N–H and O–H groups in total. The summed E-state index contributed by atoms with van der Waals surface area (Å²) in [7, 11) is 0. The van der Waals surface area contributed by atoms with E-state index in [0.29, 0.717) is 5.02 Å². The van der Waals surface area contributed by atoms with Crippen LogP contribution in [0.2, 0.25) is 5.02 Å². The molecule has 2 aromatic carbocycles. The summed E-state index contributed by atoms with van der Waals surface area (Å²) in [4.78, 5) is 23.6. The summed E-state index contributed by atoms with van der Waals surface area (Å²) < 4.78 is 4.96. The minimum absolute atomic E-state index is 0.229. The zero-order chi connectivity index (χ0) is 18.2. The molecule has 0 aromatic heterocycles. The number of aryl methyl sites for hydroxylation is 1. The Balaban J connectivity index is 1.81. The molecule has 0 bridgehead atoms. The third kappa shape index (κ3) is 6.08. The fraction of sp³-hybridized carbons (Fsp3) is 0.200. The van der Waals surface area contributed by atoms with Gasteiger partial charge in [-0.2, -0.15) is 0 Å². The predicted molar refractivity (Wildman–Crippen MR) is 99.2 cm³/mol. The van der Waals surface area contributed by atoms with Gasteiger partial charge >= 0.3 is 5.97 Å². The SMILES string of the molecule is Cc1ccccc1/C=C/C(=O)OCC(=O)N[C@H](C)c1cccc(Cl)c1. The van der Waals surface area contributed by atoms with E-state index in [2.05, 4.69) is 5.32 Å². The molecule has 0 saturated carbocycles. The molecule has 130 valence electrons. The number of carbonyl (C=O) groups excluding carboxylic acids is 2. The quantitative estimate of drug-likeness (QED) is 0.626. The number of rotatable bonds is 6. The molecule has 2 rings (SSSR count). The van der Waals surface area contributed by atoms with E-state index >= 15 is 0 Å². The van der Waals surface area contributed by atoms with E-state index in [1.165, 1.54) is 6.08 Å². The van der Waals surface area contributed by atoms with Gasteiger partial charge in [-0.05, 0) is 48.7 Å². The molecule has 0 fully saturated rings. The van der Waals surface area contributed by atoms with Gasteiger partial charge in [-0.1, -0.05) is 48.0 Å². The van der Waals surface area contributed by atoms with Gasteiger partial charge in [0, 0.05) is 11.1 Å². The van der Waals surface area contributed by atoms with E-state index in [9.17, 15) is 9.59 Å². The Bertz CT molecular complexity index is 786. The zero-order valence-corrected chi connectivity index (χ0v) is 14.9. The molecule has 0 aliphatic heterocycles. The molecular weight excluding hydrogens is 338 g/mol. The van der Waals surface area contributed by atoms with Crippen molar-refractivity contribution in [3.05, 3.63) is 76.3 Å². The number of carbonyl (C=O) groups is 2. The van der Waals surface area contributed by atoms with Crippen LogP contribution in [-0.2, 0) is 14.3 Å². The smallest absolute Gasteiger partial charge is 0.331 e. The van der Waals surface area contributed by atoms with Crippen molar-refractivity contribution in [2.24, 2.45) is 0 Å². The molecule has 0 radical (unpaired) electrons. The Morgan fingerprint density at radius 1 is 1.20 bits per heavy atom. The Labute approximate surface area is 152 Å². The van der Waals surface area contributed by atoms with E-state index in [4.69, 9.17) is 16.3 Å². The monoisotopic (exact) mass is 357 g/mol. The highest BCUT2D eigenvalue weighted by molar-refractivity contribution is 6.30. The number of halogens is 1. The summed E-state index contributed by atoms with van der Waals surface area (Å²) in [6, 6.07) is 14.7. The van der Waals surface area contributed by atoms with Crippen LogP contribution in [0.25, 0.3) is 6.08 Å².